The highest BCUT2D eigenvalue weighted by atomic mass is 19.1. The smallest absolute Gasteiger partial charge is 0.263 e. The topological polar surface area (TPSA) is 78.1 Å². The third kappa shape index (κ3) is 4.72. The van der Waals surface area contributed by atoms with E-state index in [2.05, 4.69) is 5.10 Å². The third-order valence-electron chi connectivity index (χ3n) is 5.92. The van der Waals surface area contributed by atoms with Crippen LogP contribution in [0.2, 0.25) is 0 Å². The summed E-state index contributed by atoms with van der Waals surface area (Å²) in [5.41, 5.74) is 2.53. The molecule has 2 aromatic carbocycles. The number of hydrogen-bond donors (Lipinski definition) is 1. The van der Waals surface area contributed by atoms with E-state index in [0.717, 1.165) is 23.2 Å². The SMILES string of the molecule is CCc1ccccc1-n1cc(C(C)C)c2cc(N(C)/N=C(/CO)N(C=O)CC)c(F)cc2c1=O. The molecule has 0 atom stereocenters. The number of hydrazone groups is 1. The standard InChI is InChI=1S/C26H31FN4O3/c1-6-18-10-8-9-11-23(18)31-14-21(17(3)4)19-13-24(22(27)12-20(19)26(31)34)29(5)28-25(15-32)30(7-2)16-33/h8-14,16-17,32H,6-7,15H2,1-5H3/b28-25-. The number of carbonyl (C=O) groups excluding carboxylic acids is 1. The van der Waals surface area contributed by atoms with Crippen LogP contribution in [-0.2, 0) is 11.2 Å². The van der Waals surface area contributed by atoms with Crippen LogP contribution in [0.4, 0.5) is 10.1 Å². The number of amides is 1. The van der Waals surface area contributed by atoms with Gasteiger partial charge in [-0.2, -0.15) is 5.10 Å². The number of benzene rings is 2. The zero-order valence-corrected chi connectivity index (χ0v) is 20.2. The molecule has 0 saturated heterocycles. The van der Waals surface area contributed by atoms with Crippen molar-refractivity contribution in [2.45, 2.75) is 40.0 Å². The highest BCUT2D eigenvalue weighted by molar-refractivity contribution is 5.93. The van der Waals surface area contributed by atoms with Gasteiger partial charge >= 0.3 is 0 Å². The number of carbonyl (C=O) groups is 1. The quantitative estimate of drug-likeness (QED) is 0.235. The fraction of sp³-hybridized carbons (Fsp3) is 0.346. The Labute approximate surface area is 198 Å². The molecule has 0 aliphatic carbocycles. The number of nitrogens with zero attached hydrogens (tertiary/aromatic N) is 4. The van der Waals surface area contributed by atoms with Gasteiger partial charge in [0, 0.05) is 19.8 Å². The van der Waals surface area contributed by atoms with Crippen LogP contribution in [-0.4, -0.2) is 47.0 Å². The Balaban J connectivity index is 2.26. The summed E-state index contributed by atoms with van der Waals surface area (Å²) in [6.45, 7) is 7.65. The van der Waals surface area contributed by atoms with E-state index in [1.807, 2.05) is 51.2 Å². The predicted octanol–water partition coefficient (Wildman–Crippen LogP) is 4.04. The monoisotopic (exact) mass is 466 g/mol. The van der Waals surface area contributed by atoms with Crippen molar-refractivity contribution in [3.8, 4) is 5.69 Å². The Bertz CT molecular complexity index is 1280. The molecule has 0 fully saturated rings. The van der Waals surface area contributed by atoms with Crippen molar-refractivity contribution in [2.24, 2.45) is 5.10 Å². The summed E-state index contributed by atoms with van der Waals surface area (Å²) < 4.78 is 16.9. The number of fused-ring (bicyclic) bond motifs is 1. The fourth-order valence-electron chi connectivity index (χ4n) is 4.03. The second-order valence-electron chi connectivity index (χ2n) is 8.34. The lowest BCUT2D eigenvalue weighted by molar-refractivity contribution is -0.114. The van der Waals surface area contributed by atoms with E-state index in [4.69, 9.17) is 0 Å². The van der Waals surface area contributed by atoms with Gasteiger partial charge in [0.25, 0.3) is 5.56 Å². The molecular weight excluding hydrogens is 435 g/mol. The number of anilines is 1. The highest BCUT2D eigenvalue weighted by Crippen LogP contribution is 2.31. The van der Waals surface area contributed by atoms with Crippen molar-refractivity contribution in [1.82, 2.24) is 9.47 Å². The number of pyridine rings is 1. The predicted molar refractivity (Wildman–Crippen MR) is 134 cm³/mol. The summed E-state index contributed by atoms with van der Waals surface area (Å²) in [6.07, 6.45) is 3.16. The lowest BCUT2D eigenvalue weighted by atomic mass is 9.97. The minimum absolute atomic E-state index is 0.0638. The lowest BCUT2D eigenvalue weighted by Crippen LogP contribution is -2.34. The number of aryl methyl sites for hydroxylation is 1. The van der Waals surface area contributed by atoms with Crippen molar-refractivity contribution < 1.29 is 14.3 Å². The first-order valence-corrected chi connectivity index (χ1v) is 11.4. The molecule has 1 heterocycles. The largest absolute Gasteiger partial charge is 0.388 e. The summed E-state index contributed by atoms with van der Waals surface area (Å²) >= 11 is 0. The van der Waals surface area contributed by atoms with Crippen molar-refractivity contribution in [1.29, 1.82) is 0 Å². The highest BCUT2D eigenvalue weighted by Gasteiger charge is 2.19. The van der Waals surface area contributed by atoms with Gasteiger partial charge in [-0.25, -0.2) is 4.39 Å². The van der Waals surface area contributed by atoms with E-state index >= 15 is 4.39 Å². The number of hydrogen-bond acceptors (Lipinski definition) is 5. The number of aromatic nitrogens is 1. The molecule has 3 rings (SSSR count). The molecule has 0 aliphatic rings. The average molecular weight is 467 g/mol. The van der Waals surface area contributed by atoms with Gasteiger partial charge in [0.1, 0.15) is 12.4 Å². The molecule has 3 aromatic rings. The summed E-state index contributed by atoms with van der Waals surface area (Å²) in [6, 6.07) is 10.5. The van der Waals surface area contributed by atoms with E-state index in [1.54, 1.807) is 17.6 Å². The molecule has 0 spiro atoms. The molecule has 34 heavy (non-hydrogen) atoms. The number of rotatable bonds is 8. The number of halogens is 1. The average Bonchev–Trinajstić information content (AvgIpc) is 2.84. The summed E-state index contributed by atoms with van der Waals surface area (Å²) in [5.74, 6) is -0.470. The first-order valence-electron chi connectivity index (χ1n) is 11.4. The van der Waals surface area contributed by atoms with E-state index in [-0.39, 0.29) is 28.4 Å². The second-order valence-corrected chi connectivity index (χ2v) is 8.34. The van der Waals surface area contributed by atoms with Crippen LogP contribution in [0.5, 0.6) is 0 Å². The molecule has 0 saturated carbocycles. The second kappa shape index (κ2) is 10.6. The molecular formula is C26H31FN4O3. The van der Waals surface area contributed by atoms with Gasteiger partial charge in [0.15, 0.2) is 5.84 Å². The molecule has 7 nitrogen and oxygen atoms in total. The van der Waals surface area contributed by atoms with Gasteiger partial charge in [0.2, 0.25) is 6.41 Å². The van der Waals surface area contributed by atoms with E-state index in [0.29, 0.717) is 18.3 Å². The number of para-hydroxylation sites is 1. The van der Waals surface area contributed by atoms with Crippen molar-refractivity contribution in [2.75, 3.05) is 25.2 Å². The van der Waals surface area contributed by atoms with E-state index < -0.39 is 12.4 Å². The molecule has 1 N–H and O–H groups in total. The molecule has 1 aromatic heterocycles. The lowest BCUT2D eigenvalue weighted by Gasteiger charge is -2.22. The maximum atomic E-state index is 15.3. The normalized spacial score (nSPS) is 11.8. The van der Waals surface area contributed by atoms with E-state index in [9.17, 15) is 14.7 Å². The number of aliphatic hydroxyl groups is 1. The van der Waals surface area contributed by atoms with Crippen molar-refractivity contribution in [3.05, 3.63) is 69.9 Å². The van der Waals surface area contributed by atoms with Crippen LogP contribution in [0.15, 0.2) is 52.5 Å². The summed E-state index contributed by atoms with van der Waals surface area (Å²) in [5, 5.41) is 16.1. The van der Waals surface area contributed by atoms with Crippen LogP contribution < -0.4 is 10.6 Å². The first-order chi connectivity index (χ1) is 16.3. The third-order valence-corrected chi connectivity index (χ3v) is 5.92. The molecule has 0 radical (unpaired) electrons. The van der Waals surface area contributed by atoms with Crippen LogP contribution in [0.3, 0.4) is 0 Å². The first kappa shape index (κ1) is 25.1. The molecule has 0 bridgehead atoms. The van der Waals surface area contributed by atoms with Gasteiger partial charge < -0.3 is 5.11 Å². The Hall–Kier alpha value is -3.52. The minimum atomic E-state index is -0.626. The Kier molecular flexibility index (Phi) is 7.83. The Morgan fingerprint density at radius 2 is 1.91 bits per heavy atom. The maximum absolute atomic E-state index is 15.3. The zero-order chi connectivity index (χ0) is 25.0. The van der Waals surface area contributed by atoms with Crippen LogP contribution >= 0.6 is 0 Å². The summed E-state index contributed by atoms with van der Waals surface area (Å²) in [4.78, 5) is 26.0. The summed E-state index contributed by atoms with van der Waals surface area (Å²) in [7, 11) is 1.53. The van der Waals surface area contributed by atoms with Gasteiger partial charge in [-0.05, 0) is 54.0 Å². The van der Waals surface area contributed by atoms with Crippen LogP contribution in [0.1, 0.15) is 44.7 Å². The number of amidine groups is 1. The fourth-order valence-corrected chi connectivity index (χ4v) is 4.03. The molecule has 0 aliphatic heterocycles. The zero-order valence-electron chi connectivity index (χ0n) is 20.2. The van der Waals surface area contributed by atoms with Gasteiger partial charge in [-0.1, -0.05) is 39.0 Å². The molecule has 180 valence electrons. The molecule has 0 unspecified atom stereocenters. The number of aliphatic hydroxyl groups excluding tert-OH is 1. The minimum Gasteiger partial charge on any atom is -0.388 e. The Morgan fingerprint density at radius 1 is 1.21 bits per heavy atom. The van der Waals surface area contributed by atoms with Crippen LogP contribution in [0.25, 0.3) is 16.5 Å². The van der Waals surface area contributed by atoms with Crippen molar-refractivity contribution in [3.63, 3.8) is 0 Å². The van der Waals surface area contributed by atoms with Gasteiger partial charge in [0.05, 0.1) is 16.8 Å². The number of likely N-dealkylation sites (N-methyl/N-ethyl adjacent to an activating group) is 1. The molecule has 8 heteroatoms. The Morgan fingerprint density at radius 3 is 2.50 bits per heavy atom. The molecule has 1 amide bonds. The van der Waals surface area contributed by atoms with Gasteiger partial charge in [-0.3, -0.25) is 24.1 Å². The maximum Gasteiger partial charge on any atom is 0.263 e. The van der Waals surface area contributed by atoms with E-state index in [1.165, 1.54) is 23.0 Å². The van der Waals surface area contributed by atoms with Crippen molar-refractivity contribution >= 4 is 28.7 Å². The van der Waals surface area contributed by atoms with Gasteiger partial charge in [-0.15, -0.1) is 0 Å². The van der Waals surface area contributed by atoms with Crippen LogP contribution in [0, 0.1) is 5.82 Å².